The lowest BCUT2D eigenvalue weighted by Crippen LogP contribution is -2.50. The van der Waals surface area contributed by atoms with Gasteiger partial charge in [-0.05, 0) is 0 Å². The van der Waals surface area contributed by atoms with Crippen LogP contribution in [0, 0.1) is 5.41 Å². The fourth-order valence-electron chi connectivity index (χ4n) is 1.29. The Morgan fingerprint density at radius 2 is 2.27 bits per heavy atom. The molecule has 0 aromatic rings. The van der Waals surface area contributed by atoms with Crippen LogP contribution in [0.25, 0.3) is 0 Å². The van der Waals surface area contributed by atoms with Crippen LogP contribution in [-0.4, -0.2) is 25.4 Å². The summed E-state index contributed by atoms with van der Waals surface area (Å²) >= 11 is 0. The standard InChI is InChI=1S/C7H11NO3/c1-11-6(10)7(4-8)2-5(9)3-7/h2-4,8H2,1H3. The molecule has 0 unspecified atom stereocenters. The van der Waals surface area contributed by atoms with E-state index in [1.807, 2.05) is 0 Å². The lowest BCUT2D eigenvalue weighted by Gasteiger charge is -2.35. The van der Waals surface area contributed by atoms with Gasteiger partial charge in [0, 0.05) is 19.4 Å². The number of carbonyl (C=O) groups is 2. The fourth-order valence-corrected chi connectivity index (χ4v) is 1.29. The number of methoxy groups -OCH3 is 1. The van der Waals surface area contributed by atoms with Crippen LogP contribution in [0.3, 0.4) is 0 Å². The van der Waals surface area contributed by atoms with Crippen molar-refractivity contribution in [3.05, 3.63) is 0 Å². The number of hydrogen-bond acceptors (Lipinski definition) is 4. The van der Waals surface area contributed by atoms with E-state index in [2.05, 4.69) is 4.74 Å². The van der Waals surface area contributed by atoms with Gasteiger partial charge in [-0.15, -0.1) is 0 Å². The molecule has 0 aliphatic heterocycles. The lowest BCUT2D eigenvalue weighted by atomic mass is 9.68. The minimum absolute atomic E-state index is 0.0841. The predicted molar refractivity (Wildman–Crippen MR) is 37.7 cm³/mol. The molecule has 1 aliphatic rings. The molecule has 1 saturated carbocycles. The molecule has 0 amide bonds. The van der Waals surface area contributed by atoms with Gasteiger partial charge in [0.05, 0.1) is 12.5 Å². The summed E-state index contributed by atoms with van der Waals surface area (Å²) in [5, 5.41) is 0. The molecule has 1 fully saturated rings. The van der Waals surface area contributed by atoms with E-state index in [0.29, 0.717) is 0 Å². The molecule has 0 bridgehead atoms. The van der Waals surface area contributed by atoms with E-state index in [4.69, 9.17) is 5.73 Å². The SMILES string of the molecule is COC(=O)C1(CN)CC(=O)C1. The van der Waals surface area contributed by atoms with E-state index < -0.39 is 5.41 Å². The van der Waals surface area contributed by atoms with Gasteiger partial charge in [-0.25, -0.2) is 0 Å². The maximum absolute atomic E-state index is 11.0. The van der Waals surface area contributed by atoms with Crippen molar-refractivity contribution >= 4 is 11.8 Å². The second kappa shape index (κ2) is 2.62. The highest BCUT2D eigenvalue weighted by atomic mass is 16.5. The molecule has 0 aromatic heterocycles. The Labute approximate surface area is 64.7 Å². The molecule has 4 nitrogen and oxygen atoms in total. The Balaban J connectivity index is 2.64. The number of rotatable bonds is 2. The van der Waals surface area contributed by atoms with Gasteiger partial charge in [0.1, 0.15) is 5.78 Å². The molecule has 0 radical (unpaired) electrons. The lowest BCUT2D eigenvalue weighted by molar-refractivity contribution is -0.162. The number of Topliss-reactive ketones (excluding diaryl/α,β-unsaturated/α-hetero) is 1. The fraction of sp³-hybridized carbons (Fsp3) is 0.714. The quantitative estimate of drug-likeness (QED) is 0.547. The molecular weight excluding hydrogens is 146 g/mol. The molecule has 4 heteroatoms. The molecule has 0 saturated heterocycles. The van der Waals surface area contributed by atoms with Crippen molar-refractivity contribution in [2.75, 3.05) is 13.7 Å². The predicted octanol–water partition coefficient (Wildman–Crippen LogP) is -0.533. The molecule has 0 aromatic carbocycles. The van der Waals surface area contributed by atoms with E-state index in [-0.39, 0.29) is 31.1 Å². The van der Waals surface area contributed by atoms with E-state index in [0.717, 1.165) is 0 Å². The Kier molecular flexibility index (Phi) is 1.95. The van der Waals surface area contributed by atoms with Crippen molar-refractivity contribution in [2.24, 2.45) is 11.1 Å². The number of nitrogens with two attached hydrogens (primary N) is 1. The minimum atomic E-state index is -0.689. The summed E-state index contributed by atoms with van der Waals surface area (Å²) < 4.78 is 4.53. The number of carbonyl (C=O) groups excluding carboxylic acids is 2. The zero-order chi connectivity index (χ0) is 8.48. The van der Waals surface area contributed by atoms with Crippen LogP contribution in [0.2, 0.25) is 0 Å². The van der Waals surface area contributed by atoms with E-state index in [1.165, 1.54) is 7.11 Å². The van der Waals surface area contributed by atoms with Gasteiger partial charge in [-0.3, -0.25) is 9.59 Å². The number of ether oxygens (including phenoxy) is 1. The Morgan fingerprint density at radius 1 is 1.73 bits per heavy atom. The molecule has 1 rings (SSSR count). The highest BCUT2D eigenvalue weighted by molar-refractivity contribution is 5.97. The monoisotopic (exact) mass is 157 g/mol. The Morgan fingerprint density at radius 3 is 2.55 bits per heavy atom. The van der Waals surface area contributed by atoms with Crippen LogP contribution in [0.1, 0.15) is 12.8 Å². The second-order valence-electron chi connectivity index (χ2n) is 2.87. The van der Waals surface area contributed by atoms with Gasteiger partial charge in [0.25, 0.3) is 0 Å². The van der Waals surface area contributed by atoms with Crippen molar-refractivity contribution in [2.45, 2.75) is 12.8 Å². The largest absolute Gasteiger partial charge is 0.469 e. The highest BCUT2D eigenvalue weighted by Gasteiger charge is 2.49. The van der Waals surface area contributed by atoms with Crippen LogP contribution < -0.4 is 5.73 Å². The zero-order valence-electron chi connectivity index (χ0n) is 6.42. The minimum Gasteiger partial charge on any atom is -0.469 e. The summed E-state index contributed by atoms with van der Waals surface area (Å²) in [5.74, 6) is -0.277. The third kappa shape index (κ3) is 1.14. The first kappa shape index (κ1) is 8.20. The zero-order valence-corrected chi connectivity index (χ0v) is 6.42. The van der Waals surface area contributed by atoms with Gasteiger partial charge in [-0.2, -0.15) is 0 Å². The van der Waals surface area contributed by atoms with Gasteiger partial charge in [0.15, 0.2) is 0 Å². The van der Waals surface area contributed by atoms with Crippen molar-refractivity contribution in [1.29, 1.82) is 0 Å². The first-order valence-electron chi connectivity index (χ1n) is 3.45. The molecule has 62 valence electrons. The molecule has 0 spiro atoms. The highest BCUT2D eigenvalue weighted by Crippen LogP contribution is 2.37. The van der Waals surface area contributed by atoms with Gasteiger partial charge < -0.3 is 10.5 Å². The van der Waals surface area contributed by atoms with Crippen LogP contribution in [0.5, 0.6) is 0 Å². The van der Waals surface area contributed by atoms with Crippen molar-refractivity contribution in [3.8, 4) is 0 Å². The average molecular weight is 157 g/mol. The summed E-state index contributed by atoms with van der Waals surface area (Å²) in [6.07, 6.45) is 0.492. The molecule has 2 N–H and O–H groups in total. The third-order valence-corrected chi connectivity index (χ3v) is 2.08. The summed E-state index contributed by atoms with van der Waals surface area (Å²) in [4.78, 5) is 21.7. The molecule has 11 heavy (non-hydrogen) atoms. The second-order valence-corrected chi connectivity index (χ2v) is 2.87. The molecule has 0 atom stereocenters. The summed E-state index contributed by atoms with van der Waals surface area (Å²) in [5.41, 5.74) is 4.67. The number of esters is 1. The normalized spacial score (nSPS) is 20.7. The van der Waals surface area contributed by atoms with Crippen LogP contribution in [0.15, 0.2) is 0 Å². The first-order valence-corrected chi connectivity index (χ1v) is 3.45. The summed E-state index contributed by atoms with van der Waals surface area (Å²) in [7, 11) is 1.31. The van der Waals surface area contributed by atoms with Crippen LogP contribution in [0.4, 0.5) is 0 Å². The topological polar surface area (TPSA) is 69.4 Å². The number of ketones is 1. The Bertz CT molecular complexity index is 192. The van der Waals surface area contributed by atoms with E-state index in [9.17, 15) is 9.59 Å². The van der Waals surface area contributed by atoms with Gasteiger partial charge >= 0.3 is 5.97 Å². The number of hydrogen-bond donors (Lipinski definition) is 1. The van der Waals surface area contributed by atoms with E-state index in [1.54, 1.807) is 0 Å². The maximum Gasteiger partial charge on any atom is 0.313 e. The van der Waals surface area contributed by atoms with Gasteiger partial charge in [-0.1, -0.05) is 0 Å². The summed E-state index contributed by atoms with van der Waals surface area (Å²) in [6, 6.07) is 0. The average Bonchev–Trinajstić information content (AvgIpc) is 1.96. The van der Waals surface area contributed by atoms with Crippen LogP contribution in [-0.2, 0) is 14.3 Å². The molecule has 1 aliphatic carbocycles. The molecular formula is C7H11NO3. The smallest absolute Gasteiger partial charge is 0.313 e. The third-order valence-electron chi connectivity index (χ3n) is 2.08. The van der Waals surface area contributed by atoms with Crippen LogP contribution >= 0.6 is 0 Å². The van der Waals surface area contributed by atoms with Gasteiger partial charge in [0.2, 0.25) is 0 Å². The summed E-state index contributed by atoms with van der Waals surface area (Å²) in [6.45, 7) is 0.200. The van der Waals surface area contributed by atoms with Crippen molar-refractivity contribution < 1.29 is 14.3 Å². The first-order chi connectivity index (χ1) is 5.14. The molecule has 0 heterocycles. The van der Waals surface area contributed by atoms with Crippen molar-refractivity contribution in [3.63, 3.8) is 0 Å². The van der Waals surface area contributed by atoms with Crippen molar-refractivity contribution in [1.82, 2.24) is 0 Å². The maximum atomic E-state index is 11.0. The van der Waals surface area contributed by atoms with E-state index >= 15 is 0 Å². The Hall–Kier alpha value is -0.900.